The van der Waals surface area contributed by atoms with Gasteiger partial charge in [0, 0.05) is 24.2 Å². The Kier molecular flexibility index (Phi) is 3.69. The molecule has 19 heavy (non-hydrogen) atoms. The molecular formula is C15H20N2O2. The highest BCUT2D eigenvalue weighted by atomic mass is 16.5. The minimum absolute atomic E-state index is 0.0956. The van der Waals surface area contributed by atoms with Crippen molar-refractivity contribution in [1.29, 1.82) is 0 Å². The van der Waals surface area contributed by atoms with E-state index in [0.717, 1.165) is 36.9 Å². The van der Waals surface area contributed by atoms with Crippen LogP contribution < -0.4 is 15.4 Å². The van der Waals surface area contributed by atoms with E-state index in [0.29, 0.717) is 13.0 Å². The Morgan fingerprint density at radius 1 is 1.32 bits per heavy atom. The summed E-state index contributed by atoms with van der Waals surface area (Å²) in [4.78, 5) is 11.3. The molecule has 0 bridgehead atoms. The lowest BCUT2D eigenvalue weighted by molar-refractivity contribution is -0.116. The van der Waals surface area contributed by atoms with Gasteiger partial charge in [0.25, 0.3) is 0 Å². The quantitative estimate of drug-likeness (QED) is 0.770. The van der Waals surface area contributed by atoms with Crippen LogP contribution in [0.4, 0.5) is 5.69 Å². The average molecular weight is 260 g/mol. The van der Waals surface area contributed by atoms with Crippen LogP contribution >= 0.6 is 0 Å². The molecule has 1 fully saturated rings. The SMILES string of the molecule is O=C1CCc2ccc(OCCCNC3CC3)cc2N1. The summed E-state index contributed by atoms with van der Waals surface area (Å²) in [7, 11) is 0. The number of ether oxygens (including phenoxy) is 1. The van der Waals surface area contributed by atoms with Crippen molar-refractivity contribution >= 4 is 11.6 Å². The molecule has 2 N–H and O–H groups in total. The van der Waals surface area contributed by atoms with Crippen LogP contribution in [-0.2, 0) is 11.2 Å². The van der Waals surface area contributed by atoms with Gasteiger partial charge in [-0.15, -0.1) is 0 Å². The van der Waals surface area contributed by atoms with Crippen molar-refractivity contribution in [2.75, 3.05) is 18.5 Å². The fourth-order valence-corrected chi connectivity index (χ4v) is 2.30. The van der Waals surface area contributed by atoms with Crippen molar-refractivity contribution in [3.63, 3.8) is 0 Å². The Hall–Kier alpha value is -1.55. The normalized spacial score (nSPS) is 17.8. The number of carbonyl (C=O) groups is 1. The molecule has 2 aliphatic rings. The van der Waals surface area contributed by atoms with E-state index in [4.69, 9.17) is 4.74 Å². The Bertz CT molecular complexity index is 469. The number of hydrogen-bond acceptors (Lipinski definition) is 3. The fraction of sp³-hybridized carbons (Fsp3) is 0.533. The highest BCUT2D eigenvalue weighted by molar-refractivity contribution is 5.94. The number of amides is 1. The van der Waals surface area contributed by atoms with E-state index in [2.05, 4.69) is 10.6 Å². The van der Waals surface area contributed by atoms with Crippen molar-refractivity contribution in [3.05, 3.63) is 23.8 Å². The number of anilines is 1. The van der Waals surface area contributed by atoms with Crippen molar-refractivity contribution < 1.29 is 9.53 Å². The summed E-state index contributed by atoms with van der Waals surface area (Å²) in [6, 6.07) is 6.73. The molecule has 1 saturated carbocycles. The topological polar surface area (TPSA) is 50.4 Å². The number of aryl methyl sites for hydroxylation is 1. The predicted molar refractivity (Wildman–Crippen MR) is 74.5 cm³/mol. The van der Waals surface area contributed by atoms with Crippen LogP contribution in [0, 0.1) is 0 Å². The summed E-state index contributed by atoms with van der Waals surface area (Å²) in [6.07, 6.45) is 5.07. The largest absolute Gasteiger partial charge is 0.493 e. The van der Waals surface area contributed by atoms with Gasteiger partial charge < -0.3 is 15.4 Å². The molecule has 4 nitrogen and oxygen atoms in total. The van der Waals surface area contributed by atoms with Gasteiger partial charge in [-0.1, -0.05) is 6.07 Å². The fourth-order valence-electron chi connectivity index (χ4n) is 2.30. The van der Waals surface area contributed by atoms with Gasteiger partial charge in [-0.05, 0) is 43.9 Å². The first kappa shape index (κ1) is 12.5. The number of rotatable bonds is 6. The van der Waals surface area contributed by atoms with E-state index in [-0.39, 0.29) is 5.91 Å². The lowest BCUT2D eigenvalue weighted by atomic mass is 10.0. The van der Waals surface area contributed by atoms with E-state index in [9.17, 15) is 4.79 Å². The number of carbonyl (C=O) groups excluding carboxylic acids is 1. The molecule has 0 atom stereocenters. The molecule has 0 spiro atoms. The molecule has 102 valence electrons. The minimum atomic E-state index is 0.0956. The maximum Gasteiger partial charge on any atom is 0.224 e. The first-order chi connectivity index (χ1) is 9.31. The molecule has 1 aliphatic heterocycles. The average Bonchev–Trinajstić information content (AvgIpc) is 3.22. The summed E-state index contributed by atoms with van der Waals surface area (Å²) in [5, 5.41) is 6.36. The van der Waals surface area contributed by atoms with Gasteiger partial charge in [-0.25, -0.2) is 0 Å². The molecule has 1 amide bonds. The number of benzene rings is 1. The van der Waals surface area contributed by atoms with Gasteiger partial charge in [0.2, 0.25) is 5.91 Å². The van der Waals surface area contributed by atoms with Crippen LogP contribution in [0.25, 0.3) is 0 Å². The first-order valence-corrected chi connectivity index (χ1v) is 7.10. The summed E-state index contributed by atoms with van der Waals surface area (Å²) < 4.78 is 5.72. The molecule has 4 heteroatoms. The number of hydrogen-bond donors (Lipinski definition) is 2. The zero-order valence-corrected chi connectivity index (χ0v) is 11.1. The maximum atomic E-state index is 11.3. The molecule has 1 aromatic rings. The highest BCUT2D eigenvalue weighted by Gasteiger charge is 2.19. The molecular weight excluding hydrogens is 240 g/mol. The number of nitrogens with one attached hydrogen (secondary N) is 2. The van der Waals surface area contributed by atoms with Crippen LogP contribution in [0.2, 0.25) is 0 Å². The van der Waals surface area contributed by atoms with E-state index in [1.165, 1.54) is 18.4 Å². The van der Waals surface area contributed by atoms with Gasteiger partial charge >= 0.3 is 0 Å². The van der Waals surface area contributed by atoms with Gasteiger partial charge in [0.05, 0.1) is 6.61 Å². The maximum absolute atomic E-state index is 11.3. The lowest BCUT2D eigenvalue weighted by Gasteiger charge is -2.17. The van der Waals surface area contributed by atoms with E-state index < -0.39 is 0 Å². The first-order valence-electron chi connectivity index (χ1n) is 7.10. The van der Waals surface area contributed by atoms with E-state index >= 15 is 0 Å². The monoisotopic (exact) mass is 260 g/mol. The zero-order chi connectivity index (χ0) is 13.1. The lowest BCUT2D eigenvalue weighted by Crippen LogP contribution is -2.20. The smallest absolute Gasteiger partial charge is 0.224 e. The molecule has 0 unspecified atom stereocenters. The molecule has 1 aromatic carbocycles. The molecule has 3 rings (SSSR count). The minimum Gasteiger partial charge on any atom is -0.493 e. The van der Waals surface area contributed by atoms with Crippen molar-refractivity contribution in [2.24, 2.45) is 0 Å². The Morgan fingerprint density at radius 3 is 3.05 bits per heavy atom. The van der Waals surface area contributed by atoms with Crippen LogP contribution in [-0.4, -0.2) is 25.1 Å². The second kappa shape index (κ2) is 5.61. The van der Waals surface area contributed by atoms with E-state index in [1.54, 1.807) is 0 Å². The second-order valence-electron chi connectivity index (χ2n) is 5.30. The highest BCUT2D eigenvalue weighted by Crippen LogP contribution is 2.27. The molecule has 0 saturated heterocycles. The molecule has 1 aliphatic carbocycles. The standard InChI is InChI=1S/C15H20N2O2/c18-15-7-3-11-2-6-13(10-14(11)17-15)19-9-1-8-16-12-4-5-12/h2,6,10,12,16H,1,3-5,7-9H2,(H,17,18). The molecule has 1 heterocycles. The molecule has 0 aromatic heterocycles. The third-order valence-corrected chi connectivity index (χ3v) is 3.58. The van der Waals surface area contributed by atoms with Crippen molar-refractivity contribution in [2.45, 2.75) is 38.1 Å². The predicted octanol–water partition coefficient (Wildman–Crippen LogP) is 2.09. The third-order valence-electron chi connectivity index (χ3n) is 3.58. The summed E-state index contributed by atoms with van der Waals surface area (Å²) in [5.74, 6) is 0.936. The van der Waals surface area contributed by atoms with Gasteiger partial charge in [0.15, 0.2) is 0 Å². The van der Waals surface area contributed by atoms with Gasteiger partial charge in [-0.3, -0.25) is 4.79 Å². The Labute approximate surface area is 113 Å². The number of fused-ring (bicyclic) bond motifs is 1. The summed E-state index contributed by atoms with van der Waals surface area (Å²) in [5.41, 5.74) is 2.10. The molecule has 0 radical (unpaired) electrons. The second-order valence-corrected chi connectivity index (χ2v) is 5.30. The van der Waals surface area contributed by atoms with Crippen LogP contribution in [0.1, 0.15) is 31.2 Å². The summed E-state index contributed by atoms with van der Waals surface area (Å²) >= 11 is 0. The van der Waals surface area contributed by atoms with Crippen LogP contribution in [0.15, 0.2) is 18.2 Å². The summed E-state index contributed by atoms with van der Waals surface area (Å²) in [6.45, 7) is 1.73. The van der Waals surface area contributed by atoms with Crippen molar-refractivity contribution in [3.8, 4) is 5.75 Å². The van der Waals surface area contributed by atoms with E-state index in [1.807, 2.05) is 18.2 Å². The van der Waals surface area contributed by atoms with Gasteiger partial charge in [0.1, 0.15) is 5.75 Å². The third kappa shape index (κ3) is 3.47. The van der Waals surface area contributed by atoms with Crippen LogP contribution in [0.3, 0.4) is 0 Å². The zero-order valence-electron chi connectivity index (χ0n) is 11.1. The van der Waals surface area contributed by atoms with Crippen LogP contribution in [0.5, 0.6) is 5.75 Å². The van der Waals surface area contributed by atoms with Gasteiger partial charge in [-0.2, -0.15) is 0 Å². The van der Waals surface area contributed by atoms with Crippen molar-refractivity contribution in [1.82, 2.24) is 5.32 Å². The Balaban J connectivity index is 1.47. The Morgan fingerprint density at radius 2 is 2.21 bits per heavy atom.